The molecule has 142 valence electrons. The molecule has 6 nitrogen and oxygen atoms in total. The van der Waals surface area contributed by atoms with Crippen LogP contribution in [0.5, 0.6) is 11.5 Å². The van der Waals surface area contributed by atoms with E-state index in [1.807, 2.05) is 24.8 Å². The maximum absolute atomic E-state index is 13.0. The van der Waals surface area contributed by atoms with E-state index in [-0.39, 0.29) is 18.1 Å². The molecule has 3 heterocycles. The van der Waals surface area contributed by atoms with Crippen LogP contribution in [0.4, 0.5) is 0 Å². The van der Waals surface area contributed by atoms with Crippen molar-refractivity contribution in [2.45, 2.75) is 40.0 Å². The van der Waals surface area contributed by atoms with Crippen molar-refractivity contribution in [3.8, 4) is 11.5 Å². The number of ether oxygens (including phenoxy) is 2. The molecule has 0 radical (unpaired) electrons. The standard InChI is InChI=1S/C21H25N3O3/c1-14-9-17(23-15(2)22-14)20(25)24-8-4-7-21(3,12-24)11-16-5-6-18-19(10-16)27-13-26-18/h5-6,9-10H,4,7-8,11-13H2,1-3H3/t21-/m1/s1. The average molecular weight is 367 g/mol. The quantitative estimate of drug-likeness (QED) is 0.833. The Kier molecular flexibility index (Phi) is 4.50. The first kappa shape index (κ1) is 17.8. The Morgan fingerprint density at radius 3 is 2.81 bits per heavy atom. The predicted octanol–water partition coefficient (Wildman–Crippen LogP) is 3.31. The maximum Gasteiger partial charge on any atom is 0.272 e. The van der Waals surface area contributed by atoms with Crippen LogP contribution in [-0.2, 0) is 6.42 Å². The number of hydrogen-bond donors (Lipinski definition) is 0. The van der Waals surface area contributed by atoms with Gasteiger partial charge in [0, 0.05) is 18.8 Å². The monoisotopic (exact) mass is 367 g/mol. The summed E-state index contributed by atoms with van der Waals surface area (Å²) >= 11 is 0. The first-order valence-electron chi connectivity index (χ1n) is 9.42. The molecule has 0 N–H and O–H groups in total. The Hall–Kier alpha value is -2.63. The second-order valence-corrected chi connectivity index (χ2v) is 7.95. The van der Waals surface area contributed by atoms with Gasteiger partial charge in [-0.25, -0.2) is 9.97 Å². The minimum atomic E-state index is 0.000196. The van der Waals surface area contributed by atoms with Gasteiger partial charge in [0.25, 0.3) is 5.91 Å². The minimum absolute atomic E-state index is 0.000196. The van der Waals surface area contributed by atoms with Gasteiger partial charge in [0.2, 0.25) is 6.79 Å². The third kappa shape index (κ3) is 3.75. The minimum Gasteiger partial charge on any atom is -0.454 e. The summed E-state index contributed by atoms with van der Waals surface area (Å²) in [6, 6.07) is 7.90. The van der Waals surface area contributed by atoms with Crippen molar-refractivity contribution in [3.63, 3.8) is 0 Å². The van der Waals surface area contributed by atoms with Crippen LogP contribution in [0, 0.1) is 19.3 Å². The zero-order valence-corrected chi connectivity index (χ0v) is 16.1. The Balaban J connectivity index is 1.50. The fourth-order valence-electron chi connectivity index (χ4n) is 4.17. The van der Waals surface area contributed by atoms with E-state index < -0.39 is 0 Å². The molecule has 1 saturated heterocycles. The molecular weight excluding hydrogens is 342 g/mol. The number of piperidine rings is 1. The number of aromatic nitrogens is 2. The summed E-state index contributed by atoms with van der Waals surface area (Å²) in [5, 5.41) is 0. The van der Waals surface area contributed by atoms with E-state index in [2.05, 4.69) is 29.0 Å². The lowest BCUT2D eigenvalue weighted by atomic mass is 9.77. The molecule has 0 spiro atoms. The summed E-state index contributed by atoms with van der Waals surface area (Å²) in [7, 11) is 0. The summed E-state index contributed by atoms with van der Waals surface area (Å²) in [6.07, 6.45) is 2.98. The summed E-state index contributed by atoms with van der Waals surface area (Å²) in [5.74, 6) is 2.25. The topological polar surface area (TPSA) is 64.6 Å². The first-order valence-corrected chi connectivity index (χ1v) is 9.42. The van der Waals surface area contributed by atoms with Crippen LogP contribution >= 0.6 is 0 Å². The van der Waals surface area contributed by atoms with E-state index in [4.69, 9.17) is 9.47 Å². The largest absolute Gasteiger partial charge is 0.454 e. The molecule has 0 unspecified atom stereocenters. The van der Waals surface area contributed by atoms with Crippen molar-refractivity contribution in [2.75, 3.05) is 19.9 Å². The first-order chi connectivity index (χ1) is 12.9. The Morgan fingerprint density at radius 1 is 1.19 bits per heavy atom. The fourth-order valence-corrected chi connectivity index (χ4v) is 4.17. The second kappa shape index (κ2) is 6.83. The van der Waals surface area contributed by atoms with Crippen molar-refractivity contribution < 1.29 is 14.3 Å². The normalized spacial score (nSPS) is 21.4. The van der Waals surface area contributed by atoms with Gasteiger partial charge in [0.1, 0.15) is 11.5 Å². The molecule has 1 atom stereocenters. The zero-order valence-electron chi connectivity index (χ0n) is 16.1. The van der Waals surface area contributed by atoms with Crippen molar-refractivity contribution >= 4 is 5.91 Å². The van der Waals surface area contributed by atoms with Gasteiger partial charge in [-0.2, -0.15) is 0 Å². The second-order valence-electron chi connectivity index (χ2n) is 7.95. The number of carbonyl (C=O) groups is 1. The van der Waals surface area contributed by atoms with Crippen molar-refractivity contribution in [3.05, 3.63) is 47.0 Å². The van der Waals surface area contributed by atoms with Crippen molar-refractivity contribution in [1.82, 2.24) is 14.9 Å². The summed E-state index contributed by atoms with van der Waals surface area (Å²) in [4.78, 5) is 23.6. The Labute approximate surface area is 159 Å². The van der Waals surface area contributed by atoms with Crippen LogP contribution < -0.4 is 9.47 Å². The number of nitrogens with zero attached hydrogens (tertiary/aromatic N) is 3. The average Bonchev–Trinajstić information content (AvgIpc) is 3.07. The molecule has 0 saturated carbocycles. The molecule has 2 aliphatic heterocycles. The highest BCUT2D eigenvalue weighted by atomic mass is 16.7. The van der Waals surface area contributed by atoms with E-state index in [1.165, 1.54) is 5.56 Å². The molecule has 4 rings (SSSR count). The lowest BCUT2D eigenvalue weighted by Crippen LogP contribution is -2.46. The number of likely N-dealkylation sites (tertiary alicyclic amines) is 1. The summed E-state index contributed by atoms with van der Waals surface area (Å²) in [5.41, 5.74) is 2.56. The number of rotatable bonds is 3. The fraction of sp³-hybridized carbons (Fsp3) is 0.476. The molecule has 2 aliphatic rings. The number of hydrogen-bond acceptors (Lipinski definition) is 5. The third-order valence-corrected chi connectivity index (χ3v) is 5.32. The number of carbonyl (C=O) groups excluding carboxylic acids is 1. The van der Waals surface area contributed by atoms with Crippen LogP contribution in [0.1, 0.15) is 47.3 Å². The van der Waals surface area contributed by atoms with Gasteiger partial charge in [-0.15, -0.1) is 0 Å². The highest BCUT2D eigenvalue weighted by molar-refractivity contribution is 5.92. The predicted molar refractivity (Wildman–Crippen MR) is 101 cm³/mol. The maximum atomic E-state index is 13.0. The van der Waals surface area contributed by atoms with Crippen LogP contribution in [0.25, 0.3) is 0 Å². The lowest BCUT2D eigenvalue weighted by Gasteiger charge is -2.40. The molecule has 1 aromatic heterocycles. The molecule has 6 heteroatoms. The van der Waals surface area contributed by atoms with Gasteiger partial charge >= 0.3 is 0 Å². The van der Waals surface area contributed by atoms with E-state index in [1.54, 1.807) is 6.07 Å². The van der Waals surface area contributed by atoms with Crippen LogP contribution in [0.3, 0.4) is 0 Å². The summed E-state index contributed by atoms with van der Waals surface area (Å²) < 4.78 is 10.9. The molecule has 0 bridgehead atoms. The smallest absolute Gasteiger partial charge is 0.272 e. The highest BCUT2D eigenvalue weighted by Crippen LogP contribution is 2.37. The number of aryl methyl sites for hydroxylation is 2. The lowest BCUT2D eigenvalue weighted by molar-refractivity contribution is 0.0544. The van der Waals surface area contributed by atoms with E-state index in [0.717, 1.165) is 49.5 Å². The molecule has 2 aromatic rings. The van der Waals surface area contributed by atoms with Gasteiger partial charge in [-0.05, 0) is 62.3 Å². The zero-order chi connectivity index (χ0) is 19.0. The van der Waals surface area contributed by atoms with E-state index in [0.29, 0.717) is 11.5 Å². The highest BCUT2D eigenvalue weighted by Gasteiger charge is 2.34. The Bertz CT molecular complexity index is 863. The number of amides is 1. The van der Waals surface area contributed by atoms with Crippen LogP contribution in [0.15, 0.2) is 24.3 Å². The molecule has 1 aromatic carbocycles. The van der Waals surface area contributed by atoms with Gasteiger partial charge in [-0.1, -0.05) is 13.0 Å². The molecule has 27 heavy (non-hydrogen) atoms. The van der Waals surface area contributed by atoms with Crippen molar-refractivity contribution in [1.29, 1.82) is 0 Å². The molecule has 1 amide bonds. The van der Waals surface area contributed by atoms with Crippen molar-refractivity contribution in [2.24, 2.45) is 5.41 Å². The van der Waals surface area contributed by atoms with Gasteiger partial charge in [0.15, 0.2) is 11.5 Å². The number of fused-ring (bicyclic) bond motifs is 1. The van der Waals surface area contributed by atoms with E-state index >= 15 is 0 Å². The SMILES string of the molecule is Cc1cc(C(=O)N2CCC[C@](C)(Cc3ccc4c(c3)OCO4)C2)nc(C)n1. The number of benzene rings is 1. The van der Waals surface area contributed by atoms with E-state index in [9.17, 15) is 4.79 Å². The van der Waals surface area contributed by atoms with Gasteiger partial charge in [0.05, 0.1) is 0 Å². The Morgan fingerprint density at radius 2 is 2.00 bits per heavy atom. The van der Waals surface area contributed by atoms with Gasteiger partial charge in [-0.3, -0.25) is 4.79 Å². The molecule has 1 fully saturated rings. The van der Waals surface area contributed by atoms with Crippen LogP contribution in [-0.4, -0.2) is 40.7 Å². The molecule has 0 aliphatic carbocycles. The molecular formula is C21H25N3O3. The summed E-state index contributed by atoms with van der Waals surface area (Å²) in [6.45, 7) is 7.76. The van der Waals surface area contributed by atoms with Gasteiger partial charge < -0.3 is 14.4 Å². The third-order valence-electron chi connectivity index (χ3n) is 5.32. The van der Waals surface area contributed by atoms with Crippen LogP contribution in [0.2, 0.25) is 0 Å².